The Morgan fingerprint density at radius 1 is 1.15 bits per heavy atom. The van der Waals surface area contributed by atoms with Crippen LogP contribution in [0, 0.1) is 11.6 Å². The fourth-order valence-corrected chi connectivity index (χ4v) is 4.58. The number of piperazine rings is 1. The minimum atomic E-state index is -0.860. The monoisotopic (exact) mass is 579 g/mol. The predicted octanol–water partition coefficient (Wildman–Crippen LogP) is 2.76. The average molecular weight is 580 g/mol. The quantitative estimate of drug-likeness (QED) is 0.356. The molecule has 3 heterocycles. The number of carbonyl (C=O) groups excluding carboxylic acids is 4. The van der Waals surface area contributed by atoms with Crippen LogP contribution in [0.25, 0.3) is 0 Å². The number of esters is 1. The number of anilines is 2. The fourth-order valence-electron chi connectivity index (χ4n) is 4.46. The molecule has 1 atom stereocenters. The largest absolute Gasteiger partial charge is 0.466 e. The van der Waals surface area contributed by atoms with E-state index in [1.54, 1.807) is 6.92 Å². The summed E-state index contributed by atoms with van der Waals surface area (Å²) in [6.45, 7) is 2.44. The van der Waals surface area contributed by atoms with E-state index < -0.39 is 35.7 Å². The molecule has 214 valence electrons. The normalized spacial score (nSPS) is 17.1. The molecule has 4 rings (SSSR count). The first-order chi connectivity index (χ1) is 19.2. The summed E-state index contributed by atoms with van der Waals surface area (Å²) in [7, 11) is 0. The zero-order chi connectivity index (χ0) is 28.8. The maximum absolute atomic E-state index is 15.1. The van der Waals surface area contributed by atoms with Crippen LogP contribution in [0.5, 0.6) is 0 Å². The number of ether oxygens (including phenoxy) is 2. The molecule has 2 fully saturated rings. The van der Waals surface area contributed by atoms with Crippen molar-refractivity contribution in [2.75, 3.05) is 55.7 Å². The maximum Gasteiger partial charge on any atom is 0.414 e. The summed E-state index contributed by atoms with van der Waals surface area (Å²) in [5.74, 6) is -2.95. The molecule has 2 aromatic rings. The smallest absolute Gasteiger partial charge is 0.414 e. The molecule has 0 radical (unpaired) electrons. The van der Waals surface area contributed by atoms with E-state index in [2.05, 4.69) is 10.3 Å². The molecule has 2 saturated heterocycles. The van der Waals surface area contributed by atoms with Gasteiger partial charge >= 0.3 is 12.1 Å². The van der Waals surface area contributed by atoms with Gasteiger partial charge in [-0.25, -0.2) is 18.6 Å². The zero-order valence-corrected chi connectivity index (χ0v) is 22.5. The maximum atomic E-state index is 15.1. The van der Waals surface area contributed by atoms with Gasteiger partial charge in [0.25, 0.3) is 5.91 Å². The second kappa shape index (κ2) is 12.9. The molecule has 1 aromatic heterocycles. The van der Waals surface area contributed by atoms with Gasteiger partial charge in [-0.15, -0.1) is 0 Å². The Balaban J connectivity index is 1.30. The molecule has 0 bridgehead atoms. The van der Waals surface area contributed by atoms with Crippen LogP contribution in [-0.4, -0.2) is 85.7 Å². The Labute approximate surface area is 234 Å². The third-order valence-electron chi connectivity index (χ3n) is 6.50. The van der Waals surface area contributed by atoms with Crippen LogP contribution in [0.1, 0.15) is 30.1 Å². The highest BCUT2D eigenvalue weighted by Crippen LogP contribution is 2.32. The van der Waals surface area contributed by atoms with Crippen molar-refractivity contribution in [3.63, 3.8) is 0 Å². The molecule has 11 nitrogen and oxygen atoms in total. The number of hydrogen-bond acceptors (Lipinski definition) is 8. The SMILES string of the molecule is CCOC(=O)CC[C@H]1CN(c2cc(F)c(N3CCN(C(=O)CNC(=O)c4ccc(Cl)nc4)CC3)c(F)c2)C(=O)O1. The van der Waals surface area contributed by atoms with E-state index in [9.17, 15) is 19.2 Å². The number of benzene rings is 1. The van der Waals surface area contributed by atoms with Gasteiger partial charge in [0.05, 0.1) is 30.9 Å². The molecule has 0 aliphatic carbocycles. The van der Waals surface area contributed by atoms with Crippen molar-refractivity contribution >= 4 is 46.9 Å². The number of hydrogen-bond donors (Lipinski definition) is 1. The van der Waals surface area contributed by atoms with Crippen molar-refractivity contribution < 1.29 is 37.4 Å². The van der Waals surface area contributed by atoms with Crippen LogP contribution in [0.2, 0.25) is 5.15 Å². The van der Waals surface area contributed by atoms with Crippen LogP contribution in [0.4, 0.5) is 25.0 Å². The van der Waals surface area contributed by atoms with Gasteiger partial charge in [-0.1, -0.05) is 11.6 Å². The summed E-state index contributed by atoms with van der Waals surface area (Å²) in [6.07, 6.45) is 0.219. The number of amides is 3. The van der Waals surface area contributed by atoms with Crippen LogP contribution in [-0.2, 0) is 19.1 Å². The third kappa shape index (κ3) is 6.95. The predicted molar refractivity (Wildman–Crippen MR) is 140 cm³/mol. The highest BCUT2D eigenvalue weighted by Gasteiger charge is 2.34. The van der Waals surface area contributed by atoms with E-state index in [1.165, 1.54) is 28.1 Å². The third-order valence-corrected chi connectivity index (χ3v) is 6.73. The van der Waals surface area contributed by atoms with Crippen LogP contribution in [0.3, 0.4) is 0 Å². The lowest BCUT2D eigenvalue weighted by Crippen LogP contribution is -2.51. The number of nitrogens with one attached hydrogen (secondary N) is 1. The number of carbonyl (C=O) groups is 4. The standard InChI is InChI=1S/C26H28ClF2N5O6/c1-2-39-23(36)6-4-18-15-34(26(38)40-18)17-11-19(28)24(20(29)12-17)33-9-7-32(8-10-33)22(35)14-31-25(37)16-3-5-21(27)30-13-16/h3,5,11-13,18H,2,4,6-10,14-15H2,1H3,(H,31,37)/t18-/m0/s1. The minimum Gasteiger partial charge on any atom is -0.466 e. The molecule has 1 N–H and O–H groups in total. The van der Waals surface area contributed by atoms with Crippen LogP contribution in [0.15, 0.2) is 30.5 Å². The summed E-state index contributed by atoms with van der Waals surface area (Å²) in [5, 5.41) is 2.76. The summed E-state index contributed by atoms with van der Waals surface area (Å²) in [5.41, 5.74) is -0.000511. The first-order valence-corrected chi connectivity index (χ1v) is 13.1. The van der Waals surface area contributed by atoms with E-state index in [4.69, 9.17) is 21.1 Å². The molecular formula is C26H28ClF2N5O6. The highest BCUT2D eigenvalue weighted by molar-refractivity contribution is 6.29. The first-order valence-electron chi connectivity index (χ1n) is 12.7. The summed E-state index contributed by atoms with van der Waals surface area (Å²) >= 11 is 5.71. The van der Waals surface area contributed by atoms with Gasteiger partial charge in [0.15, 0.2) is 11.6 Å². The molecule has 0 spiro atoms. The van der Waals surface area contributed by atoms with Crippen molar-refractivity contribution in [2.45, 2.75) is 25.9 Å². The van der Waals surface area contributed by atoms with E-state index in [0.717, 1.165) is 17.0 Å². The minimum absolute atomic E-state index is 0.00262. The van der Waals surface area contributed by atoms with Crippen molar-refractivity contribution in [3.05, 3.63) is 52.8 Å². The number of aromatic nitrogens is 1. The van der Waals surface area contributed by atoms with Gasteiger partial charge < -0.3 is 24.6 Å². The van der Waals surface area contributed by atoms with Gasteiger partial charge in [0, 0.05) is 50.9 Å². The Kier molecular flexibility index (Phi) is 9.35. The molecule has 14 heteroatoms. The molecule has 0 saturated carbocycles. The number of pyridine rings is 1. The van der Waals surface area contributed by atoms with E-state index >= 15 is 8.78 Å². The molecule has 3 amide bonds. The number of cyclic esters (lactones) is 1. The topological polar surface area (TPSA) is 121 Å². The molecule has 40 heavy (non-hydrogen) atoms. The molecule has 0 unspecified atom stereocenters. The van der Waals surface area contributed by atoms with Crippen molar-refractivity contribution in [2.24, 2.45) is 0 Å². The second-order valence-electron chi connectivity index (χ2n) is 9.14. The molecule has 2 aliphatic heterocycles. The molecular weight excluding hydrogens is 552 g/mol. The lowest BCUT2D eigenvalue weighted by atomic mass is 10.1. The van der Waals surface area contributed by atoms with Gasteiger partial charge in [-0.05, 0) is 25.5 Å². The van der Waals surface area contributed by atoms with Crippen LogP contribution >= 0.6 is 11.6 Å². The lowest BCUT2D eigenvalue weighted by Gasteiger charge is -2.36. The van der Waals surface area contributed by atoms with Gasteiger partial charge in [-0.3, -0.25) is 19.3 Å². The number of nitrogens with zero attached hydrogens (tertiary/aromatic N) is 4. The Morgan fingerprint density at radius 3 is 2.48 bits per heavy atom. The lowest BCUT2D eigenvalue weighted by molar-refractivity contribution is -0.143. The Morgan fingerprint density at radius 2 is 1.85 bits per heavy atom. The number of rotatable bonds is 9. The highest BCUT2D eigenvalue weighted by atomic mass is 35.5. The van der Waals surface area contributed by atoms with Crippen LogP contribution < -0.4 is 15.1 Å². The van der Waals surface area contributed by atoms with Crippen molar-refractivity contribution in [1.29, 1.82) is 0 Å². The average Bonchev–Trinajstić information content (AvgIpc) is 3.31. The van der Waals surface area contributed by atoms with Gasteiger partial charge in [-0.2, -0.15) is 0 Å². The van der Waals surface area contributed by atoms with Gasteiger partial charge in [0.1, 0.15) is 16.9 Å². The first kappa shape index (κ1) is 29.0. The summed E-state index contributed by atoms with van der Waals surface area (Å²) in [4.78, 5) is 56.6. The van der Waals surface area contributed by atoms with E-state index in [1.807, 2.05) is 0 Å². The van der Waals surface area contributed by atoms with Crippen molar-refractivity contribution in [3.8, 4) is 0 Å². The molecule has 2 aliphatic rings. The van der Waals surface area contributed by atoms with Crippen molar-refractivity contribution in [1.82, 2.24) is 15.2 Å². The van der Waals surface area contributed by atoms with Gasteiger partial charge in [0.2, 0.25) is 5.91 Å². The Bertz CT molecular complexity index is 1250. The summed E-state index contributed by atoms with van der Waals surface area (Å²) in [6, 6.07) is 5.07. The fraction of sp³-hybridized carbons (Fsp3) is 0.423. The second-order valence-corrected chi connectivity index (χ2v) is 9.53. The Hall–Kier alpha value is -4.00. The number of halogens is 3. The molecule has 1 aromatic carbocycles. The van der Waals surface area contributed by atoms with E-state index in [-0.39, 0.29) is 86.7 Å². The summed E-state index contributed by atoms with van der Waals surface area (Å²) < 4.78 is 40.3. The zero-order valence-electron chi connectivity index (χ0n) is 21.7. The van der Waals surface area contributed by atoms with E-state index in [0.29, 0.717) is 0 Å².